The highest BCUT2D eigenvalue weighted by Gasteiger charge is 2.39. The van der Waals surface area contributed by atoms with Gasteiger partial charge in [-0.15, -0.1) is 0 Å². The topological polar surface area (TPSA) is 125 Å². The Labute approximate surface area is 182 Å². The number of fused-ring (bicyclic) bond motifs is 3. The van der Waals surface area contributed by atoms with Gasteiger partial charge in [0.15, 0.2) is 0 Å². The van der Waals surface area contributed by atoms with Crippen LogP contribution < -0.4 is 10.6 Å². The summed E-state index contributed by atoms with van der Waals surface area (Å²) < 4.78 is 31.2. The molecule has 0 saturated heterocycles. The van der Waals surface area contributed by atoms with E-state index < -0.39 is 43.0 Å². The van der Waals surface area contributed by atoms with Crippen LogP contribution in [0.25, 0.3) is 11.1 Å². The van der Waals surface area contributed by atoms with Crippen LogP contribution in [0.4, 0.5) is 13.6 Å². The number of hydrogen-bond donors (Lipinski definition) is 4. The van der Waals surface area contributed by atoms with E-state index in [4.69, 9.17) is 9.84 Å². The standard InChI is InChI=1S/C22H22F2N2O6/c23-22(24,20(29)30)12-26-19(28)9-13(27)10-25-21(31)32-11-18-16-7-3-1-5-14(16)15-6-2-4-8-17(15)18/h1-8,13,18,27H,9-12H2,(H,25,31)(H,26,28)(H,29,30). The van der Waals surface area contributed by atoms with E-state index in [1.165, 1.54) is 0 Å². The van der Waals surface area contributed by atoms with Crippen molar-refractivity contribution in [2.75, 3.05) is 19.7 Å². The van der Waals surface area contributed by atoms with Gasteiger partial charge in [0.25, 0.3) is 0 Å². The van der Waals surface area contributed by atoms with Crippen molar-refractivity contribution in [3.8, 4) is 11.1 Å². The van der Waals surface area contributed by atoms with Crippen LogP contribution in [0.5, 0.6) is 0 Å². The molecular formula is C22H22F2N2O6. The van der Waals surface area contributed by atoms with E-state index in [0.29, 0.717) is 0 Å². The fourth-order valence-corrected chi connectivity index (χ4v) is 3.49. The van der Waals surface area contributed by atoms with Gasteiger partial charge in [0.1, 0.15) is 6.61 Å². The van der Waals surface area contributed by atoms with Gasteiger partial charge in [0, 0.05) is 12.5 Å². The van der Waals surface area contributed by atoms with E-state index in [1.54, 1.807) is 5.32 Å². The highest BCUT2D eigenvalue weighted by atomic mass is 19.3. The van der Waals surface area contributed by atoms with E-state index in [0.717, 1.165) is 22.3 Å². The summed E-state index contributed by atoms with van der Waals surface area (Å²) in [6.45, 7) is -1.67. The number of amides is 2. The van der Waals surface area contributed by atoms with E-state index in [-0.39, 0.29) is 19.1 Å². The first-order chi connectivity index (χ1) is 15.2. The molecule has 0 aromatic heterocycles. The molecule has 2 aromatic rings. The fourth-order valence-electron chi connectivity index (χ4n) is 3.49. The molecular weight excluding hydrogens is 426 g/mol. The third-order valence-electron chi connectivity index (χ3n) is 5.07. The van der Waals surface area contributed by atoms with E-state index >= 15 is 0 Å². The second-order valence-corrected chi connectivity index (χ2v) is 7.35. The Kier molecular flexibility index (Phi) is 7.04. The molecule has 8 nitrogen and oxygen atoms in total. The number of alkyl halides is 2. The average molecular weight is 448 g/mol. The van der Waals surface area contributed by atoms with Crippen molar-refractivity contribution in [1.29, 1.82) is 0 Å². The third-order valence-corrected chi connectivity index (χ3v) is 5.07. The lowest BCUT2D eigenvalue weighted by Gasteiger charge is -2.16. The van der Waals surface area contributed by atoms with Crippen molar-refractivity contribution >= 4 is 18.0 Å². The number of halogens is 2. The summed E-state index contributed by atoms with van der Waals surface area (Å²) in [5, 5.41) is 22.2. The summed E-state index contributed by atoms with van der Waals surface area (Å²) in [4.78, 5) is 33.9. The number of carboxylic acid groups (broad SMARTS) is 1. The van der Waals surface area contributed by atoms with E-state index in [1.807, 2.05) is 48.5 Å². The number of carbonyl (C=O) groups is 3. The number of hydrogen-bond acceptors (Lipinski definition) is 5. The second kappa shape index (κ2) is 9.73. The van der Waals surface area contributed by atoms with Crippen LogP contribution in [0.1, 0.15) is 23.5 Å². The average Bonchev–Trinajstić information content (AvgIpc) is 3.08. The molecule has 0 heterocycles. The summed E-state index contributed by atoms with van der Waals surface area (Å²) in [5.74, 6) is -7.59. The van der Waals surface area contributed by atoms with Gasteiger partial charge in [-0.1, -0.05) is 48.5 Å². The zero-order valence-electron chi connectivity index (χ0n) is 16.9. The smallest absolute Gasteiger partial charge is 0.407 e. The summed E-state index contributed by atoms with van der Waals surface area (Å²) in [6, 6.07) is 15.6. The SMILES string of the molecule is O=C(CC(O)CNC(=O)OCC1c2ccccc2-c2ccccc21)NCC(F)(F)C(=O)O. The lowest BCUT2D eigenvalue weighted by molar-refractivity contribution is -0.164. The van der Waals surface area contributed by atoms with Gasteiger partial charge >= 0.3 is 18.0 Å². The van der Waals surface area contributed by atoms with Crippen molar-refractivity contribution in [3.05, 3.63) is 59.7 Å². The maximum atomic E-state index is 12.9. The number of benzene rings is 2. The van der Waals surface area contributed by atoms with Gasteiger partial charge in [-0.05, 0) is 22.3 Å². The minimum atomic E-state index is -4.11. The molecule has 4 N–H and O–H groups in total. The maximum absolute atomic E-state index is 12.9. The molecule has 0 radical (unpaired) electrons. The first-order valence-electron chi connectivity index (χ1n) is 9.84. The second-order valence-electron chi connectivity index (χ2n) is 7.35. The molecule has 170 valence electrons. The number of rotatable bonds is 9. The van der Waals surface area contributed by atoms with Gasteiger partial charge in [-0.2, -0.15) is 8.78 Å². The lowest BCUT2D eigenvalue weighted by Crippen LogP contribution is -2.43. The molecule has 1 aliphatic rings. The number of carbonyl (C=O) groups excluding carboxylic acids is 2. The van der Waals surface area contributed by atoms with Crippen molar-refractivity contribution in [2.45, 2.75) is 24.4 Å². The van der Waals surface area contributed by atoms with Crippen LogP contribution in [0.3, 0.4) is 0 Å². The molecule has 0 fully saturated rings. The lowest BCUT2D eigenvalue weighted by atomic mass is 9.98. The Morgan fingerprint density at radius 3 is 2.12 bits per heavy atom. The predicted molar refractivity (Wildman–Crippen MR) is 109 cm³/mol. The zero-order chi connectivity index (χ0) is 23.3. The quantitative estimate of drug-likeness (QED) is 0.466. The number of aliphatic hydroxyl groups excluding tert-OH is 1. The summed E-state index contributed by atoms with van der Waals surface area (Å²) in [5.41, 5.74) is 4.23. The van der Waals surface area contributed by atoms with Gasteiger partial charge in [0.2, 0.25) is 5.91 Å². The van der Waals surface area contributed by atoms with Crippen LogP contribution in [0.2, 0.25) is 0 Å². The zero-order valence-corrected chi connectivity index (χ0v) is 16.9. The highest BCUT2D eigenvalue weighted by Crippen LogP contribution is 2.44. The number of aliphatic carboxylic acids is 1. The first kappa shape index (κ1) is 23.1. The molecule has 0 bridgehead atoms. The van der Waals surface area contributed by atoms with Crippen LogP contribution in [-0.2, 0) is 14.3 Å². The van der Waals surface area contributed by atoms with Crippen molar-refractivity contribution in [3.63, 3.8) is 0 Å². The molecule has 10 heteroatoms. The van der Waals surface area contributed by atoms with Gasteiger partial charge in [-0.3, -0.25) is 4.79 Å². The van der Waals surface area contributed by atoms with Gasteiger partial charge in [0.05, 0.1) is 19.1 Å². The summed E-state index contributed by atoms with van der Waals surface area (Å²) in [6.07, 6.45) is -2.77. The first-order valence-corrected chi connectivity index (χ1v) is 9.84. The minimum Gasteiger partial charge on any atom is -0.477 e. The Bertz CT molecular complexity index is 968. The van der Waals surface area contributed by atoms with Crippen molar-refractivity contribution in [1.82, 2.24) is 10.6 Å². The Morgan fingerprint density at radius 2 is 1.56 bits per heavy atom. The number of nitrogens with one attached hydrogen (secondary N) is 2. The van der Waals surface area contributed by atoms with Crippen LogP contribution >= 0.6 is 0 Å². The van der Waals surface area contributed by atoms with Crippen LogP contribution in [0.15, 0.2) is 48.5 Å². The predicted octanol–water partition coefficient (Wildman–Crippen LogP) is 2.11. The number of aliphatic hydroxyl groups is 1. The molecule has 2 amide bonds. The minimum absolute atomic E-state index is 0.0702. The molecule has 1 aliphatic carbocycles. The largest absolute Gasteiger partial charge is 0.477 e. The maximum Gasteiger partial charge on any atom is 0.407 e. The monoisotopic (exact) mass is 448 g/mol. The number of carboxylic acids is 1. The molecule has 1 unspecified atom stereocenters. The Morgan fingerprint density at radius 1 is 1.00 bits per heavy atom. The van der Waals surface area contributed by atoms with Crippen molar-refractivity contribution < 1.29 is 38.1 Å². The third kappa shape index (κ3) is 5.38. The molecule has 32 heavy (non-hydrogen) atoms. The number of alkyl carbamates (subject to hydrolysis) is 1. The Balaban J connectivity index is 1.45. The summed E-state index contributed by atoms with van der Waals surface area (Å²) in [7, 11) is 0. The number of ether oxygens (including phenoxy) is 1. The molecule has 3 rings (SSSR count). The molecule has 0 spiro atoms. The summed E-state index contributed by atoms with van der Waals surface area (Å²) >= 11 is 0. The molecule has 0 saturated carbocycles. The highest BCUT2D eigenvalue weighted by molar-refractivity contribution is 5.80. The van der Waals surface area contributed by atoms with E-state index in [2.05, 4.69) is 5.32 Å². The molecule has 2 aromatic carbocycles. The van der Waals surface area contributed by atoms with E-state index in [9.17, 15) is 28.3 Å². The van der Waals surface area contributed by atoms with Crippen LogP contribution in [0, 0.1) is 0 Å². The Hall–Kier alpha value is -3.53. The van der Waals surface area contributed by atoms with Crippen molar-refractivity contribution in [2.24, 2.45) is 0 Å². The fraction of sp³-hybridized carbons (Fsp3) is 0.318. The van der Waals surface area contributed by atoms with Gasteiger partial charge in [-0.25, -0.2) is 9.59 Å². The van der Waals surface area contributed by atoms with Crippen LogP contribution in [-0.4, -0.2) is 59.9 Å². The van der Waals surface area contributed by atoms with Gasteiger partial charge < -0.3 is 25.6 Å². The normalized spacial score (nSPS) is 13.6. The molecule has 0 aliphatic heterocycles. The molecule has 1 atom stereocenters.